The highest BCUT2D eigenvalue weighted by Crippen LogP contribution is 2.37. The molecule has 23 heavy (non-hydrogen) atoms. The number of nitrogens with one attached hydrogen (secondary N) is 1. The molecular weight excluding hydrogens is 313 g/mol. The molecule has 1 aliphatic carbocycles. The average Bonchev–Trinajstić information content (AvgIpc) is 2.85. The summed E-state index contributed by atoms with van der Waals surface area (Å²) >= 11 is 0. The Morgan fingerprint density at radius 1 is 1.17 bits per heavy atom. The Kier molecular flexibility index (Phi) is 5.54. The van der Waals surface area contributed by atoms with Crippen molar-refractivity contribution in [3.05, 3.63) is 0 Å². The molecule has 1 amide bonds. The predicted molar refractivity (Wildman–Crippen MR) is 76.7 cm³/mol. The summed E-state index contributed by atoms with van der Waals surface area (Å²) < 4.78 is 38.7. The van der Waals surface area contributed by atoms with E-state index in [2.05, 4.69) is 12.2 Å². The van der Waals surface area contributed by atoms with Crippen LogP contribution in [0, 0.1) is 17.8 Å². The number of halogens is 3. The number of hydrogen-bond acceptors (Lipinski definition) is 3. The lowest BCUT2D eigenvalue weighted by atomic mass is 9.87. The van der Waals surface area contributed by atoms with Gasteiger partial charge in [-0.2, -0.15) is 13.2 Å². The number of carboxylic acid groups (broad SMARTS) is 1. The number of hydrogen-bond donors (Lipinski definition) is 2. The molecule has 5 nitrogen and oxygen atoms in total. The van der Waals surface area contributed by atoms with Gasteiger partial charge in [-0.3, -0.25) is 14.5 Å². The predicted octanol–water partition coefficient (Wildman–Crippen LogP) is 1.88. The van der Waals surface area contributed by atoms with E-state index in [1.165, 1.54) is 4.90 Å². The molecule has 8 heteroatoms. The third kappa shape index (κ3) is 4.83. The van der Waals surface area contributed by atoms with Gasteiger partial charge in [-0.25, -0.2) is 0 Å². The van der Waals surface area contributed by atoms with Gasteiger partial charge in [-0.1, -0.05) is 6.92 Å². The normalized spacial score (nSPS) is 32.7. The third-order valence-corrected chi connectivity index (χ3v) is 4.88. The van der Waals surface area contributed by atoms with E-state index in [0.717, 1.165) is 25.7 Å². The number of likely N-dealkylation sites (tertiary alicyclic amines) is 1. The van der Waals surface area contributed by atoms with Crippen molar-refractivity contribution >= 4 is 11.9 Å². The maximum Gasteiger partial charge on any atom is 0.393 e. The Hall–Kier alpha value is -1.31. The van der Waals surface area contributed by atoms with Gasteiger partial charge in [0.2, 0.25) is 5.91 Å². The number of aliphatic carboxylic acids is 1. The number of carboxylic acids is 1. The first-order valence-corrected chi connectivity index (χ1v) is 7.98. The Bertz CT molecular complexity index is 448. The summed E-state index contributed by atoms with van der Waals surface area (Å²) in [4.78, 5) is 24.3. The number of amides is 1. The van der Waals surface area contributed by atoms with E-state index in [9.17, 15) is 22.8 Å². The number of carbonyl (C=O) groups is 2. The smallest absolute Gasteiger partial charge is 0.393 e. The van der Waals surface area contributed by atoms with E-state index in [1.807, 2.05) is 0 Å². The van der Waals surface area contributed by atoms with Crippen LogP contribution in [0.25, 0.3) is 0 Å². The fraction of sp³-hybridized carbons (Fsp3) is 0.867. The van der Waals surface area contributed by atoms with Crippen molar-refractivity contribution in [2.75, 3.05) is 19.6 Å². The van der Waals surface area contributed by atoms with E-state index in [-0.39, 0.29) is 25.0 Å². The zero-order chi connectivity index (χ0) is 17.2. The molecule has 2 rings (SSSR count). The first-order valence-electron chi connectivity index (χ1n) is 7.98. The lowest BCUT2D eigenvalue weighted by Gasteiger charge is -2.27. The summed E-state index contributed by atoms with van der Waals surface area (Å²) in [5.41, 5.74) is 0. The van der Waals surface area contributed by atoms with Gasteiger partial charge in [-0.05, 0) is 31.6 Å². The first kappa shape index (κ1) is 18.0. The molecule has 0 aromatic rings. The summed E-state index contributed by atoms with van der Waals surface area (Å²) in [6.45, 7) is 1.30. The van der Waals surface area contributed by atoms with Gasteiger partial charge in [-0.15, -0.1) is 0 Å². The van der Waals surface area contributed by atoms with Crippen molar-refractivity contribution in [3.63, 3.8) is 0 Å². The minimum atomic E-state index is -4.56. The molecule has 1 saturated carbocycles. The lowest BCUT2D eigenvalue weighted by Crippen LogP contribution is -2.43. The lowest BCUT2D eigenvalue weighted by molar-refractivity contribution is -0.188. The minimum absolute atomic E-state index is 0.0787. The van der Waals surface area contributed by atoms with Gasteiger partial charge in [0, 0.05) is 19.1 Å². The van der Waals surface area contributed by atoms with Crippen LogP contribution in [0.1, 0.15) is 32.6 Å². The van der Waals surface area contributed by atoms with Crippen LogP contribution >= 0.6 is 0 Å². The van der Waals surface area contributed by atoms with Gasteiger partial charge in [0.05, 0.1) is 18.4 Å². The summed E-state index contributed by atoms with van der Waals surface area (Å²) in [7, 11) is 0. The third-order valence-electron chi connectivity index (χ3n) is 4.88. The molecule has 2 atom stereocenters. The quantitative estimate of drug-likeness (QED) is 0.822. The largest absolute Gasteiger partial charge is 0.481 e. The van der Waals surface area contributed by atoms with Crippen LogP contribution in [-0.2, 0) is 9.59 Å². The van der Waals surface area contributed by atoms with Crippen molar-refractivity contribution in [2.24, 2.45) is 17.8 Å². The molecule has 0 bridgehead atoms. The molecule has 132 valence electrons. The zero-order valence-corrected chi connectivity index (χ0v) is 13.1. The molecule has 2 aliphatic rings. The Labute approximate surface area is 133 Å². The summed E-state index contributed by atoms with van der Waals surface area (Å²) in [6.07, 6.45) is -0.725. The molecule has 1 aliphatic heterocycles. The van der Waals surface area contributed by atoms with Crippen molar-refractivity contribution in [1.82, 2.24) is 10.2 Å². The van der Waals surface area contributed by atoms with Crippen LogP contribution in [-0.4, -0.2) is 53.7 Å². The Morgan fingerprint density at radius 2 is 1.78 bits per heavy atom. The van der Waals surface area contributed by atoms with Crippen LogP contribution in [0.4, 0.5) is 13.2 Å². The molecule has 1 saturated heterocycles. The maximum atomic E-state index is 12.9. The molecule has 0 radical (unpaired) electrons. The number of alkyl halides is 3. The molecular formula is C15H23F3N2O3. The minimum Gasteiger partial charge on any atom is -0.481 e. The van der Waals surface area contributed by atoms with Crippen molar-refractivity contribution in [3.8, 4) is 0 Å². The van der Waals surface area contributed by atoms with E-state index >= 15 is 0 Å². The molecule has 0 spiro atoms. The topological polar surface area (TPSA) is 69.6 Å². The molecule has 0 aromatic heterocycles. The SMILES string of the molecule is CC1CCC(NC(=O)CN2C[C@@H](C(F)(F)F)[C@H](C(=O)O)C2)CC1. The standard InChI is InChI=1S/C15H23F3N2O3/c1-9-2-4-10(5-3-9)19-13(21)8-20-6-11(14(22)23)12(7-20)15(16,17)18/h9-12H,2-8H2,1H3,(H,19,21)(H,22,23)/t9?,10?,11-,12-/m1/s1. The molecule has 0 unspecified atom stereocenters. The van der Waals surface area contributed by atoms with Gasteiger partial charge in [0.25, 0.3) is 0 Å². The van der Waals surface area contributed by atoms with E-state index in [0.29, 0.717) is 5.92 Å². The van der Waals surface area contributed by atoms with Gasteiger partial charge in [0.15, 0.2) is 0 Å². The summed E-state index contributed by atoms with van der Waals surface area (Å²) in [5, 5.41) is 11.8. The molecule has 2 N–H and O–H groups in total. The fourth-order valence-corrected chi connectivity index (χ4v) is 3.48. The molecule has 0 aromatic carbocycles. The van der Waals surface area contributed by atoms with Crippen LogP contribution in [0.3, 0.4) is 0 Å². The second-order valence-electron chi connectivity index (χ2n) is 6.81. The fourth-order valence-electron chi connectivity index (χ4n) is 3.48. The van der Waals surface area contributed by atoms with Crippen LogP contribution in [0.2, 0.25) is 0 Å². The number of carbonyl (C=O) groups excluding carboxylic acids is 1. The van der Waals surface area contributed by atoms with Crippen molar-refractivity contribution in [1.29, 1.82) is 0 Å². The first-order chi connectivity index (χ1) is 10.7. The van der Waals surface area contributed by atoms with Gasteiger partial charge < -0.3 is 10.4 Å². The monoisotopic (exact) mass is 336 g/mol. The van der Waals surface area contributed by atoms with Crippen molar-refractivity contribution in [2.45, 2.75) is 44.8 Å². The molecule has 2 fully saturated rings. The highest BCUT2D eigenvalue weighted by molar-refractivity contribution is 5.78. The van der Waals surface area contributed by atoms with Crippen LogP contribution in [0.5, 0.6) is 0 Å². The van der Waals surface area contributed by atoms with E-state index < -0.39 is 30.5 Å². The van der Waals surface area contributed by atoms with E-state index in [4.69, 9.17) is 5.11 Å². The van der Waals surface area contributed by atoms with Gasteiger partial charge in [0.1, 0.15) is 0 Å². The van der Waals surface area contributed by atoms with E-state index in [1.54, 1.807) is 0 Å². The summed E-state index contributed by atoms with van der Waals surface area (Å²) in [6, 6.07) is 0.0787. The molecule has 1 heterocycles. The Morgan fingerprint density at radius 3 is 2.26 bits per heavy atom. The zero-order valence-electron chi connectivity index (χ0n) is 13.1. The second kappa shape index (κ2) is 7.07. The van der Waals surface area contributed by atoms with Crippen LogP contribution < -0.4 is 5.32 Å². The summed E-state index contributed by atoms with van der Waals surface area (Å²) in [5.74, 6) is -4.56. The average molecular weight is 336 g/mol. The highest BCUT2D eigenvalue weighted by Gasteiger charge is 2.52. The van der Waals surface area contributed by atoms with Crippen LogP contribution in [0.15, 0.2) is 0 Å². The van der Waals surface area contributed by atoms with Crippen molar-refractivity contribution < 1.29 is 27.9 Å². The number of rotatable bonds is 4. The highest BCUT2D eigenvalue weighted by atomic mass is 19.4. The second-order valence-corrected chi connectivity index (χ2v) is 6.81. The number of nitrogens with zero attached hydrogens (tertiary/aromatic N) is 1. The Balaban J connectivity index is 1.85. The maximum absolute atomic E-state index is 12.9. The van der Waals surface area contributed by atoms with Gasteiger partial charge >= 0.3 is 12.1 Å².